The molecule has 1 aliphatic rings. The molecule has 1 saturated heterocycles. The van der Waals surface area contributed by atoms with Crippen LogP contribution in [-0.2, 0) is 4.74 Å². The molecule has 102 valence electrons. The number of unbranched alkanes of at least 4 members (excludes halogenated alkanes) is 4. The minimum atomic E-state index is 0.528. The van der Waals surface area contributed by atoms with Crippen LogP contribution in [0, 0.1) is 0 Å². The van der Waals surface area contributed by atoms with Gasteiger partial charge in [-0.05, 0) is 32.2 Å². The van der Waals surface area contributed by atoms with Crippen LogP contribution in [0.3, 0.4) is 0 Å². The van der Waals surface area contributed by atoms with Gasteiger partial charge in [0.1, 0.15) is 0 Å². The van der Waals surface area contributed by atoms with Crippen molar-refractivity contribution in [1.29, 1.82) is 0 Å². The third-order valence-corrected chi connectivity index (χ3v) is 3.68. The van der Waals surface area contributed by atoms with E-state index >= 15 is 0 Å². The molecule has 2 atom stereocenters. The molecule has 2 heteroatoms. The summed E-state index contributed by atoms with van der Waals surface area (Å²) in [7, 11) is 0. The zero-order chi connectivity index (χ0) is 12.3. The summed E-state index contributed by atoms with van der Waals surface area (Å²) in [5, 5.41) is 3.63. The van der Waals surface area contributed by atoms with Crippen LogP contribution in [0.5, 0.6) is 0 Å². The number of ether oxygens (including phenoxy) is 1. The smallest absolute Gasteiger partial charge is 0.0590 e. The van der Waals surface area contributed by atoms with E-state index in [9.17, 15) is 0 Å². The van der Waals surface area contributed by atoms with E-state index in [1.54, 1.807) is 0 Å². The fraction of sp³-hybridized carbons (Fsp3) is 1.00. The SMILES string of the molecule is CCCCCCCC1CC(NCCC)CCO1. The van der Waals surface area contributed by atoms with Crippen molar-refractivity contribution < 1.29 is 4.74 Å². The highest BCUT2D eigenvalue weighted by Crippen LogP contribution is 2.19. The predicted octanol–water partition coefficient (Wildman–Crippen LogP) is 3.89. The summed E-state index contributed by atoms with van der Waals surface area (Å²) in [6.07, 6.45) is 12.3. The van der Waals surface area contributed by atoms with Gasteiger partial charge >= 0.3 is 0 Å². The Kier molecular flexibility index (Phi) is 8.72. The zero-order valence-corrected chi connectivity index (χ0v) is 11.8. The molecule has 0 aromatic heterocycles. The molecule has 0 aromatic rings. The van der Waals surface area contributed by atoms with Gasteiger partial charge in [-0.25, -0.2) is 0 Å². The summed E-state index contributed by atoms with van der Waals surface area (Å²) in [5.74, 6) is 0. The largest absolute Gasteiger partial charge is 0.378 e. The molecule has 1 fully saturated rings. The van der Waals surface area contributed by atoms with Gasteiger partial charge in [0.25, 0.3) is 0 Å². The molecule has 0 radical (unpaired) electrons. The van der Waals surface area contributed by atoms with Crippen LogP contribution >= 0.6 is 0 Å². The average Bonchev–Trinajstić information content (AvgIpc) is 2.37. The van der Waals surface area contributed by atoms with E-state index in [4.69, 9.17) is 4.74 Å². The molecule has 0 spiro atoms. The minimum Gasteiger partial charge on any atom is -0.378 e. The van der Waals surface area contributed by atoms with Crippen LogP contribution in [0.4, 0.5) is 0 Å². The number of nitrogens with one attached hydrogen (secondary N) is 1. The first-order valence-electron chi connectivity index (χ1n) is 7.71. The maximum absolute atomic E-state index is 5.85. The maximum Gasteiger partial charge on any atom is 0.0590 e. The lowest BCUT2D eigenvalue weighted by Gasteiger charge is -2.30. The van der Waals surface area contributed by atoms with E-state index in [1.165, 1.54) is 57.8 Å². The Morgan fingerprint density at radius 1 is 1.06 bits per heavy atom. The van der Waals surface area contributed by atoms with Crippen LogP contribution < -0.4 is 5.32 Å². The van der Waals surface area contributed by atoms with Crippen molar-refractivity contribution in [2.75, 3.05) is 13.2 Å². The molecule has 0 bridgehead atoms. The molecule has 1 aliphatic heterocycles. The molecule has 2 nitrogen and oxygen atoms in total. The van der Waals surface area contributed by atoms with Gasteiger partial charge in [0.15, 0.2) is 0 Å². The lowest BCUT2D eigenvalue weighted by atomic mass is 9.98. The lowest BCUT2D eigenvalue weighted by Crippen LogP contribution is -2.39. The number of hydrogen-bond donors (Lipinski definition) is 1. The molecule has 2 unspecified atom stereocenters. The Morgan fingerprint density at radius 3 is 2.65 bits per heavy atom. The predicted molar refractivity (Wildman–Crippen MR) is 74.4 cm³/mol. The van der Waals surface area contributed by atoms with Crippen LogP contribution in [0.2, 0.25) is 0 Å². The highest BCUT2D eigenvalue weighted by Gasteiger charge is 2.21. The van der Waals surface area contributed by atoms with Gasteiger partial charge in [0.05, 0.1) is 6.10 Å². The Morgan fingerprint density at radius 2 is 1.88 bits per heavy atom. The third-order valence-electron chi connectivity index (χ3n) is 3.68. The zero-order valence-electron chi connectivity index (χ0n) is 11.8. The van der Waals surface area contributed by atoms with Gasteiger partial charge in [-0.1, -0.05) is 46.0 Å². The summed E-state index contributed by atoms with van der Waals surface area (Å²) < 4.78 is 5.85. The third kappa shape index (κ3) is 7.05. The summed E-state index contributed by atoms with van der Waals surface area (Å²) in [6.45, 7) is 6.63. The monoisotopic (exact) mass is 241 g/mol. The Balaban J connectivity index is 2.03. The van der Waals surface area contributed by atoms with E-state index < -0.39 is 0 Å². The molecular formula is C15H31NO. The summed E-state index contributed by atoms with van der Waals surface area (Å²) in [4.78, 5) is 0. The molecule has 1 heterocycles. The quantitative estimate of drug-likeness (QED) is 0.618. The van der Waals surface area contributed by atoms with E-state index in [1.807, 2.05) is 0 Å². The second-order valence-electron chi connectivity index (χ2n) is 5.37. The topological polar surface area (TPSA) is 21.3 Å². The highest BCUT2D eigenvalue weighted by molar-refractivity contribution is 4.76. The van der Waals surface area contributed by atoms with E-state index in [2.05, 4.69) is 19.2 Å². The second-order valence-corrected chi connectivity index (χ2v) is 5.37. The molecule has 1 rings (SSSR count). The first-order chi connectivity index (χ1) is 8.36. The van der Waals surface area contributed by atoms with Crippen molar-refractivity contribution in [3.63, 3.8) is 0 Å². The maximum atomic E-state index is 5.85. The number of hydrogen-bond acceptors (Lipinski definition) is 2. The van der Waals surface area contributed by atoms with Crippen LogP contribution in [0.25, 0.3) is 0 Å². The molecular weight excluding hydrogens is 210 g/mol. The van der Waals surface area contributed by atoms with Gasteiger partial charge < -0.3 is 10.1 Å². The summed E-state index contributed by atoms with van der Waals surface area (Å²) >= 11 is 0. The Bertz CT molecular complexity index is 172. The fourth-order valence-electron chi connectivity index (χ4n) is 2.59. The van der Waals surface area contributed by atoms with Crippen molar-refractivity contribution in [1.82, 2.24) is 5.32 Å². The molecule has 0 saturated carbocycles. The molecule has 17 heavy (non-hydrogen) atoms. The molecule has 0 amide bonds. The fourth-order valence-corrected chi connectivity index (χ4v) is 2.59. The van der Waals surface area contributed by atoms with Crippen molar-refractivity contribution >= 4 is 0 Å². The van der Waals surface area contributed by atoms with Crippen LogP contribution in [-0.4, -0.2) is 25.3 Å². The summed E-state index contributed by atoms with van der Waals surface area (Å²) in [6, 6.07) is 0.712. The second kappa shape index (κ2) is 9.90. The van der Waals surface area contributed by atoms with Gasteiger partial charge in [-0.3, -0.25) is 0 Å². The van der Waals surface area contributed by atoms with Crippen LogP contribution in [0.15, 0.2) is 0 Å². The van der Waals surface area contributed by atoms with Crippen molar-refractivity contribution in [2.24, 2.45) is 0 Å². The lowest BCUT2D eigenvalue weighted by molar-refractivity contribution is -0.00405. The first-order valence-corrected chi connectivity index (χ1v) is 7.71. The van der Waals surface area contributed by atoms with E-state index in [0.29, 0.717) is 12.1 Å². The van der Waals surface area contributed by atoms with E-state index in [0.717, 1.165) is 13.2 Å². The van der Waals surface area contributed by atoms with Crippen molar-refractivity contribution in [3.8, 4) is 0 Å². The van der Waals surface area contributed by atoms with Gasteiger partial charge in [0.2, 0.25) is 0 Å². The normalized spacial score (nSPS) is 25.1. The van der Waals surface area contributed by atoms with Gasteiger partial charge in [-0.2, -0.15) is 0 Å². The molecule has 0 aliphatic carbocycles. The van der Waals surface area contributed by atoms with Crippen molar-refractivity contribution in [2.45, 2.75) is 83.8 Å². The van der Waals surface area contributed by atoms with E-state index in [-0.39, 0.29) is 0 Å². The van der Waals surface area contributed by atoms with Crippen LogP contribution in [0.1, 0.15) is 71.6 Å². The first kappa shape index (κ1) is 15.0. The Labute approximate surface area is 108 Å². The highest BCUT2D eigenvalue weighted by atomic mass is 16.5. The molecule has 0 aromatic carbocycles. The average molecular weight is 241 g/mol. The minimum absolute atomic E-state index is 0.528. The van der Waals surface area contributed by atoms with Gasteiger partial charge in [0, 0.05) is 12.6 Å². The van der Waals surface area contributed by atoms with Crippen molar-refractivity contribution in [3.05, 3.63) is 0 Å². The Hall–Kier alpha value is -0.0800. The van der Waals surface area contributed by atoms with Gasteiger partial charge in [-0.15, -0.1) is 0 Å². The molecule has 1 N–H and O–H groups in total. The summed E-state index contributed by atoms with van der Waals surface area (Å²) in [5.41, 5.74) is 0. The number of rotatable bonds is 9. The standard InChI is InChI=1S/C15H31NO/c1-3-5-6-7-8-9-15-13-14(10-12-17-15)16-11-4-2/h14-16H,3-13H2,1-2H3.